The minimum atomic E-state index is -0.118. The van der Waals surface area contributed by atoms with Gasteiger partial charge in [-0.2, -0.15) is 0 Å². The van der Waals surface area contributed by atoms with Crippen LogP contribution in [0, 0.1) is 0 Å². The summed E-state index contributed by atoms with van der Waals surface area (Å²) in [4.78, 5) is 29.0. The van der Waals surface area contributed by atoms with E-state index in [0.717, 1.165) is 35.0 Å². The number of fused-ring (bicyclic) bond motifs is 1. The molecule has 0 unspecified atom stereocenters. The predicted molar refractivity (Wildman–Crippen MR) is 129 cm³/mol. The molecule has 0 aliphatic carbocycles. The second-order valence-corrected chi connectivity index (χ2v) is 7.68. The highest BCUT2D eigenvalue weighted by Crippen LogP contribution is 2.26. The van der Waals surface area contributed by atoms with Gasteiger partial charge < -0.3 is 10.6 Å². The molecular weight excluding hydrogens is 398 g/mol. The van der Waals surface area contributed by atoms with Gasteiger partial charge in [0, 0.05) is 30.1 Å². The highest BCUT2D eigenvalue weighted by atomic mass is 16.2. The fourth-order valence-electron chi connectivity index (χ4n) is 3.67. The number of anilines is 1. The van der Waals surface area contributed by atoms with E-state index >= 15 is 0 Å². The first-order valence-electron chi connectivity index (χ1n) is 10.7. The molecule has 0 radical (unpaired) electrons. The number of pyridine rings is 1. The number of para-hydroxylation sites is 1. The van der Waals surface area contributed by atoms with Crippen molar-refractivity contribution in [3.63, 3.8) is 0 Å². The Hall–Kier alpha value is -3.99. The predicted octanol–water partition coefficient (Wildman–Crippen LogP) is 5.22. The molecule has 0 aliphatic rings. The van der Waals surface area contributed by atoms with Crippen LogP contribution in [0.25, 0.3) is 22.2 Å². The first-order valence-corrected chi connectivity index (χ1v) is 10.7. The standard InChI is InChI=1S/C27H25N3O2/c1-19(31)29-22-15-13-21(14-16-22)26-18-24(23-11-5-6-12-25(23)30-26)27(32)28-17-7-10-20-8-3-2-4-9-20/h2-6,8-9,11-16,18H,7,10,17H2,1H3,(H,28,32)(H,29,31). The van der Waals surface area contributed by atoms with Gasteiger partial charge in [-0.15, -0.1) is 0 Å². The van der Waals surface area contributed by atoms with Gasteiger partial charge in [-0.25, -0.2) is 4.98 Å². The number of carbonyl (C=O) groups is 2. The van der Waals surface area contributed by atoms with Gasteiger partial charge >= 0.3 is 0 Å². The number of nitrogens with zero attached hydrogens (tertiary/aromatic N) is 1. The van der Waals surface area contributed by atoms with E-state index in [-0.39, 0.29) is 11.8 Å². The molecule has 3 aromatic carbocycles. The van der Waals surface area contributed by atoms with Crippen LogP contribution in [0.2, 0.25) is 0 Å². The Morgan fingerprint density at radius 1 is 0.875 bits per heavy atom. The van der Waals surface area contributed by atoms with Gasteiger partial charge in [0.25, 0.3) is 5.91 Å². The van der Waals surface area contributed by atoms with Crippen LogP contribution in [-0.4, -0.2) is 23.3 Å². The Labute approximate surface area is 187 Å². The lowest BCUT2D eigenvalue weighted by Gasteiger charge is -2.11. The zero-order valence-corrected chi connectivity index (χ0v) is 18.0. The SMILES string of the molecule is CC(=O)Nc1ccc(-c2cc(C(=O)NCCCc3ccccc3)c3ccccc3n2)cc1. The van der Waals surface area contributed by atoms with Crippen LogP contribution in [0.15, 0.2) is 84.9 Å². The molecule has 0 spiro atoms. The minimum Gasteiger partial charge on any atom is -0.352 e. The number of aryl methyl sites for hydroxylation is 1. The van der Waals surface area contributed by atoms with Crippen LogP contribution in [-0.2, 0) is 11.2 Å². The third-order valence-corrected chi connectivity index (χ3v) is 5.23. The molecule has 0 fully saturated rings. The maximum atomic E-state index is 13.0. The summed E-state index contributed by atoms with van der Waals surface area (Å²) in [5.74, 6) is -0.222. The monoisotopic (exact) mass is 423 g/mol. The van der Waals surface area contributed by atoms with Crippen molar-refractivity contribution >= 4 is 28.4 Å². The number of benzene rings is 3. The maximum absolute atomic E-state index is 13.0. The molecule has 2 N–H and O–H groups in total. The number of aromatic nitrogens is 1. The van der Waals surface area contributed by atoms with Gasteiger partial charge in [-0.05, 0) is 42.7 Å². The van der Waals surface area contributed by atoms with Gasteiger partial charge in [0.15, 0.2) is 0 Å². The zero-order chi connectivity index (χ0) is 22.3. The van der Waals surface area contributed by atoms with E-state index in [0.29, 0.717) is 17.8 Å². The van der Waals surface area contributed by atoms with Crippen molar-refractivity contribution in [1.82, 2.24) is 10.3 Å². The average molecular weight is 424 g/mol. The highest BCUT2D eigenvalue weighted by molar-refractivity contribution is 6.07. The molecule has 160 valence electrons. The summed E-state index contributed by atoms with van der Waals surface area (Å²) in [5, 5.41) is 6.64. The summed E-state index contributed by atoms with van der Waals surface area (Å²) in [6.07, 6.45) is 1.79. The molecule has 0 saturated heterocycles. The molecule has 0 bridgehead atoms. The Morgan fingerprint density at radius 2 is 1.59 bits per heavy atom. The van der Waals surface area contributed by atoms with Crippen LogP contribution < -0.4 is 10.6 Å². The summed E-state index contributed by atoms with van der Waals surface area (Å²) in [7, 11) is 0. The Morgan fingerprint density at radius 3 is 2.34 bits per heavy atom. The number of amides is 2. The van der Waals surface area contributed by atoms with E-state index in [9.17, 15) is 9.59 Å². The number of rotatable bonds is 7. The molecule has 0 atom stereocenters. The topological polar surface area (TPSA) is 71.1 Å². The molecule has 4 rings (SSSR count). The van der Waals surface area contributed by atoms with Gasteiger partial charge in [0.05, 0.1) is 16.8 Å². The van der Waals surface area contributed by atoms with Crippen molar-refractivity contribution in [2.24, 2.45) is 0 Å². The van der Waals surface area contributed by atoms with E-state index in [2.05, 4.69) is 22.8 Å². The first-order chi connectivity index (χ1) is 15.6. The Kier molecular flexibility index (Phi) is 6.56. The van der Waals surface area contributed by atoms with Crippen LogP contribution in [0.3, 0.4) is 0 Å². The number of hydrogen-bond donors (Lipinski definition) is 2. The third kappa shape index (κ3) is 5.19. The van der Waals surface area contributed by atoms with Gasteiger partial charge in [-0.3, -0.25) is 9.59 Å². The number of nitrogens with one attached hydrogen (secondary N) is 2. The lowest BCUT2D eigenvalue weighted by atomic mass is 10.0. The normalized spacial score (nSPS) is 10.7. The molecular formula is C27H25N3O2. The summed E-state index contributed by atoms with van der Waals surface area (Å²) >= 11 is 0. The summed E-state index contributed by atoms with van der Waals surface area (Å²) < 4.78 is 0. The van der Waals surface area contributed by atoms with E-state index in [1.807, 2.05) is 72.8 Å². The number of hydrogen-bond acceptors (Lipinski definition) is 3. The average Bonchev–Trinajstić information content (AvgIpc) is 2.82. The summed E-state index contributed by atoms with van der Waals surface area (Å²) in [6.45, 7) is 2.08. The molecule has 0 aliphatic heterocycles. The number of carbonyl (C=O) groups excluding carboxylic acids is 2. The van der Waals surface area contributed by atoms with E-state index in [1.54, 1.807) is 0 Å². The molecule has 32 heavy (non-hydrogen) atoms. The second kappa shape index (κ2) is 9.88. The molecule has 4 aromatic rings. The van der Waals surface area contributed by atoms with Gasteiger partial charge in [0.2, 0.25) is 5.91 Å². The first kappa shape index (κ1) is 21.2. The van der Waals surface area contributed by atoms with E-state index in [1.165, 1.54) is 12.5 Å². The summed E-state index contributed by atoms with van der Waals surface area (Å²) in [6, 6.07) is 27.2. The second-order valence-electron chi connectivity index (χ2n) is 7.68. The van der Waals surface area contributed by atoms with Crippen LogP contribution >= 0.6 is 0 Å². The maximum Gasteiger partial charge on any atom is 0.252 e. The van der Waals surface area contributed by atoms with Crippen molar-refractivity contribution < 1.29 is 9.59 Å². The smallest absolute Gasteiger partial charge is 0.252 e. The fraction of sp³-hybridized carbons (Fsp3) is 0.148. The minimum absolute atomic E-state index is 0.104. The van der Waals surface area contributed by atoms with Crippen molar-refractivity contribution in [3.05, 3.63) is 96.1 Å². The van der Waals surface area contributed by atoms with Crippen LogP contribution in [0.5, 0.6) is 0 Å². The quantitative estimate of drug-likeness (QED) is 0.400. The van der Waals surface area contributed by atoms with Crippen molar-refractivity contribution in [2.45, 2.75) is 19.8 Å². The molecule has 5 heteroatoms. The van der Waals surface area contributed by atoms with Gasteiger partial charge in [-0.1, -0.05) is 60.7 Å². The Balaban J connectivity index is 1.54. The molecule has 5 nitrogen and oxygen atoms in total. The largest absolute Gasteiger partial charge is 0.352 e. The van der Waals surface area contributed by atoms with Crippen LogP contribution in [0.4, 0.5) is 5.69 Å². The van der Waals surface area contributed by atoms with Crippen molar-refractivity contribution in [3.8, 4) is 11.3 Å². The van der Waals surface area contributed by atoms with Crippen molar-refractivity contribution in [1.29, 1.82) is 0 Å². The molecule has 2 amide bonds. The van der Waals surface area contributed by atoms with Crippen LogP contribution in [0.1, 0.15) is 29.3 Å². The summed E-state index contributed by atoms with van der Waals surface area (Å²) in [5.41, 5.74) is 4.96. The molecule has 0 saturated carbocycles. The van der Waals surface area contributed by atoms with Crippen molar-refractivity contribution in [2.75, 3.05) is 11.9 Å². The lowest BCUT2D eigenvalue weighted by Crippen LogP contribution is -2.25. The molecule has 1 aromatic heterocycles. The fourth-order valence-corrected chi connectivity index (χ4v) is 3.67. The van der Waals surface area contributed by atoms with E-state index in [4.69, 9.17) is 4.98 Å². The zero-order valence-electron chi connectivity index (χ0n) is 18.0. The Bertz CT molecular complexity index is 1230. The van der Waals surface area contributed by atoms with Gasteiger partial charge in [0.1, 0.15) is 0 Å². The third-order valence-electron chi connectivity index (χ3n) is 5.23. The lowest BCUT2D eigenvalue weighted by molar-refractivity contribution is -0.114. The van der Waals surface area contributed by atoms with E-state index < -0.39 is 0 Å². The molecule has 1 heterocycles. The highest BCUT2D eigenvalue weighted by Gasteiger charge is 2.14.